The maximum atomic E-state index is 11.4. The summed E-state index contributed by atoms with van der Waals surface area (Å²) in [5.41, 5.74) is 10.7. The van der Waals surface area contributed by atoms with Gasteiger partial charge in [-0.25, -0.2) is 0 Å². The van der Waals surface area contributed by atoms with Crippen molar-refractivity contribution in [2.24, 2.45) is 5.73 Å². The van der Waals surface area contributed by atoms with Gasteiger partial charge in [-0.05, 0) is 57.0 Å². The third-order valence-electron chi connectivity index (χ3n) is 4.39. The number of carbonyl (C=O) groups excluding carboxylic acids is 1. The number of hydrogen-bond acceptors (Lipinski definition) is 4. The molecule has 0 fully saturated rings. The number of amides is 1. The minimum Gasteiger partial charge on any atom is -0.393 e. The molecule has 0 radical (unpaired) electrons. The van der Waals surface area contributed by atoms with Gasteiger partial charge >= 0.3 is 0 Å². The third-order valence-corrected chi connectivity index (χ3v) is 4.39. The summed E-state index contributed by atoms with van der Waals surface area (Å²) in [5, 5.41) is 15.1. The number of aliphatic hydroxyl groups excluding tert-OH is 1. The van der Waals surface area contributed by atoms with Crippen LogP contribution < -0.4 is 16.4 Å². The lowest BCUT2D eigenvalue weighted by Crippen LogP contribution is -2.06. The maximum Gasteiger partial charge on any atom is 0.255 e. The van der Waals surface area contributed by atoms with Gasteiger partial charge in [0.1, 0.15) is 0 Å². The van der Waals surface area contributed by atoms with Crippen molar-refractivity contribution in [3.8, 4) is 0 Å². The van der Waals surface area contributed by atoms with Gasteiger partial charge in [-0.15, -0.1) is 0 Å². The Morgan fingerprint density at radius 2 is 1.86 bits per heavy atom. The Hall–Kier alpha value is -2.63. The molecule has 0 saturated heterocycles. The summed E-state index contributed by atoms with van der Waals surface area (Å²) < 4.78 is 0. The molecule has 3 rings (SSSR count). The molecular weight excluding hydrogens is 362 g/mol. The Morgan fingerprint density at radius 3 is 2.34 bits per heavy atom. The van der Waals surface area contributed by atoms with Gasteiger partial charge in [-0.1, -0.05) is 49.8 Å². The summed E-state index contributed by atoms with van der Waals surface area (Å²) in [5.74, 6) is -0.150. The monoisotopic (exact) mass is 397 g/mol. The highest BCUT2D eigenvalue weighted by Gasteiger charge is 2.24. The van der Waals surface area contributed by atoms with Gasteiger partial charge in [-0.3, -0.25) is 4.79 Å². The molecule has 1 aliphatic rings. The van der Waals surface area contributed by atoms with Crippen LogP contribution in [0.2, 0.25) is 0 Å². The van der Waals surface area contributed by atoms with Crippen molar-refractivity contribution in [2.75, 3.05) is 24.2 Å². The molecule has 29 heavy (non-hydrogen) atoms. The molecule has 1 unspecified atom stereocenters. The molecule has 0 spiro atoms. The van der Waals surface area contributed by atoms with Crippen LogP contribution in [0.4, 0.5) is 11.4 Å². The molecule has 5 heteroatoms. The number of anilines is 2. The van der Waals surface area contributed by atoms with E-state index in [9.17, 15) is 9.90 Å². The van der Waals surface area contributed by atoms with E-state index in [1.54, 1.807) is 6.92 Å². The molecule has 1 atom stereocenters. The number of unbranched alkanes of at least 4 members (excludes halogenated alkanes) is 1. The van der Waals surface area contributed by atoms with E-state index in [0.29, 0.717) is 12.0 Å². The van der Waals surface area contributed by atoms with E-state index >= 15 is 0 Å². The van der Waals surface area contributed by atoms with Crippen LogP contribution in [-0.2, 0) is 11.2 Å². The van der Waals surface area contributed by atoms with Crippen molar-refractivity contribution in [3.63, 3.8) is 0 Å². The largest absolute Gasteiger partial charge is 0.393 e. The predicted molar refractivity (Wildman–Crippen MR) is 124 cm³/mol. The Balaban J connectivity index is 0.000000255. The van der Waals surface area contributed by atoms with Gasteiger partial charge in [0.2, 0.25) is 0 Å². The number of aryl methyl sites for hydroxylation is 1. The highest BCUT2D eigenvalue weighted by atomic mass is 16.3. The number of nitrogens with two attached hydrogens (primary N) is 1. The van der Waals surface area contributed by atoms with Crippen molar-refractivity contribution in [3.05, 3.63) is 65.7 Å². The maximum absolute atomic E-state index is 11.4. The van der Waals surface area contributed by atoms with Crippen molar-refractivity contribution >= 4 is 22.9 Å². The molecule has 1 heterocycles. The van der Waals surface area contributed by atoms with Crippen LogP contribution in [0.25, 0.3) is 5.57 Å². The zero-order chi connectivity index (χ0) is 21.8. The summed E-state index contributed by atoms with van der Waals surface area (Å²) in [7, 11) is 1.92. The van der Waals surface area contributed by atoms with Gasteiger partial charge in [0.05, 0.1) is 6.10 Å². The summed E-state index contributed by atoms with van der Waals surface area (Å²) in [4.78, 5) is 11.4. The minimum absolute atomic E-state index is 0.150. The van der Waals surface area contributed by atoms with Gasteiger partial charge < -0.3 is 21.5 Å². The van der Waals surface area contributed by atoms with Crippen molar-refractivity contribution in [2.45, 2.75) is 46.1 Å². The molecular formula is C24H35N3O2. The SMILES string of the molecule is C=C1C(=O)Nc2cccc(CC(C)O)c21.CCCCN.CNc1ccc(C)cc1. The fourth-order valence-corrected chi connectivity index (χ4v) is 2.78. The Bertz CT molecular complexity index is 781. The zero-order valence-electron chi connectivity index (χ0n) is 18.1. The lowest BCUT2D eigenvalue weighted by Gasteiger charge is -2.09. The summed E-state index contributed by atoms with van der Waals surface area (Å²) in [6.07, 6.45) is 2.51. The molecule has 1 aliphatic heterocycles. The lowest BCUT2D eigenvalue weighted by atomic mass is 9.97. The van der Waals surface area contributed by atoms with Gasteiger partial charge in [0.25, 0.3) is 5.91 Å². The van der Waals surface area contributed by atoms with Crippen LogP contribution in [0.1, 0.15) is 43.4 Å². The molecule has 5 N–H and O–H groups in total. The molecule has 2 aromatic rings. The zero-order valence-corrected chi connectivity index (χ0v) is 18.1. The van der Waals surface area contributed by atoms with Crippen LogP contribution in [0.3, 0.4) is 0 Å². The Kier molecular flexibility index (Phi) is 10.7. The second kappa shape index (κ2) is 12.8. The van der Waals surface area contributed by atoms with Gasteiger partial charge in [0, 0.05) is 29.6 Å². The average Bonchev–Trinajstić information content (AvgIpc) is 2.99. The second-order valence-electron chi connectivity index (χ2n) is 7.08. The quantitative estimate of drug-likeness (QED) is 0.565. The Morgan fingerprint density at radius 1 is 1.21 bits per heavy atom. The third kappa shape index (κ3) is 8.10. The van der Waals surface area contributed by atoms with E-state index in [0.717, 1.165) is 23.4 Å². The first-order valence-electron chi connectivity index (χ1n) is 10.1. The van der Waals surface area contributed by atoms with E-state index in [2.05, 4.69) is 55.3 Å². The molecule has 0 bridgehead atoms. The molecule has 5 nitrogen and oxygen atoms in total. The molecule has 158 valence electrons. The molecule has 0 aliphatic carbocycles. The first-order valence-corrected chi connectivity index (χ1v) is 10.1. The summed E-state index contributed by atoms with van der Waals surface area (Å²) in [6, 6.07) is 13.9. The van der Waals surface area contributed by atoms with E-state index < -0.39 is 6.10 Å². The van der Waals surface area contributed by atoms with E-state index in [1.165, 1.54) is 24.1 Å². The van der Waals surface area contributed by atoms with Gasteiger partial charge in [-0.2, -0.15) is 0 Å². The number of nitrogens with one attached hydrogen (secondary N) is 2. The number of aliphatic hydroxyl groups is 1. The van der Waals surface area contributed by atoms with Crippen molar-refractivity contribution in [1.29, 1.82) is 0 Å². The number of fused-ring (bicyclic) bond motifs is 1. The average molecular weight is 398 g/mol. The predicted octanol–water partition coefficient (Wildman–Crippen LogP) is 4.36. The molecule has 0 aromatic heterocycles. The van der Waals surface area contributed by atoms with E-state index in [1.807, 2.05) is 25.2 Å². The first kappa shape index (κ1) is 24.4. The van der Waals surface area contributed by atoms with E-state index in [4.69, 9.17) is 5.73 Å². The highest BCUT2D eigenvalue weighted by molar-refractivity contribution is 6.31. The number of benzene rings is 2. The van der Waals surface area contributed by atoms with Crippen LogP contribution in [-0.4, -0.2) is 30.7 Å². The normalized spacial score (nSPS) is 12.6. The van der Waals surface area contributed by atoms with Crippen LogP contribution >= 0.6 is 0 Å². The minimum atomic E-state index is -0.417. The molecule has 0 saturated carbocycles. The topological polar surface area (TPSA) is 87.4 Å². The lowest BCUT2D eigenvalue weighted by molar-refractivity contribution is -0.110. The fraction of sp³-hybridized carbons (Fsp3) is 0.375. The summed E-state index contributed by atoms with van der Waals surface area (Å²) in [6.45, 7) is 10.5. The van der Waals surface area contributed by atoms with Crippen LogP contribution in [0, 0.1) is 6.92 Å². The Labute approximate surface area is 175 Å². The smallest absolute Gasteiger partial charge is 0.255 e. The molecule has 2 aromatic carbocycles. The fourth-order valence-electron chi connectivity index (χ4n) is 2.78. The van der Waals surface area contributed by atoms with Crippen molar-refractivity contribution < 1.29 is 9.90 Å². The molecule has 1 amide bonds. The van der Waals surface area contributed by atoms with Crippen molar-refractivity contribution in [1.82, 2.24) is 0 Å². The van der Waals surface area contributed by atoms with E-state index in [-0.39, 0.29) is 5.91 Å². The highest BCUT2D eigenvalue weighted by Crippen LogP contribution is 2.33. The first-order chi connectivity index (χ1) is 13.8. The van der Waals surface area contributed by atoms with Crippen LogP contribution in [0.15, 0.2) is 49.0 Å². The standard InChI is InChI=1S/C12H13NO2.C8H11N.C4H11N/c1-7(14)6-9-4-3-5-10-11(9)8(2)12(15)13-10;1-7-3-5-8(9-2)6-4-7;1-2-3-4-5/h3-5,7,14H,2,6H2,1H3,(H,13,15);3-6,9H,1-2H3;2-5H2,1H3. The number of hydrogen-bond donors (Lipinski definition) is 4. The second-order valence-corrected chi connectivity index (χ2v) is 7.08. The van der Waals surface area contributed by atoms with Crippen LogP contribution in [0.5, 0.6) is 0 Å². The number of rotatable bonds is 5. The summed E-state index contributed by atoms with van der Waals surface area (Å²) >= 11 is 0. The number of carbonyl (C=O) groups is 1. The van der Waals surface area contributed by atoms with Gasteiger partial charge in [0.15, 0.2) is 0 Å².